The van der Waals surface area contributed by atoms with E-state index in [0.29, 0.717) is 13.0 Å². The SMILES string of the molecule is CC(O)c1nc2c(F)cc(-c3nc(N[C@@H]4CCOC[C@H]4O)ncc3Cl)cc2n1C(C)C(F)F. The Kier molecular flexibility index (Phi) is 6.76. The number of aromatic nitrogens is 4. The molecule has 178 valence electrons. The second-order valence-corrected chi connectivity index (χ2v) is 8.40. The lowest BCUT2D eigenvalue weighted by molar-refractivity contribution is -0.0136. The predicted molar refractivity (Wildman–Crippen MR) is 116 cm³/mol. The number of alkyl halides is 2. The summed E-state index contributed by atoms with van der Waals surface area (Å²) in [5, 5.41) is 23.3. The van der Waals surface area contributed by atoms with Gasteiger partial charge in [-0.3, -0.25) is 0 Å². The van der Waals surface area contributed by atoms with Gasteiger partial charge in [0.2, 0.25) is 5.95 Å². The van der Waals surface area contributed by atoms with E-state index in [4.69, 9.17) is 16.3 Å². The second-order valence-electron chi connectivity index (χ2n) is 7.99. The maximum Gasteiger partial charge on any atom is 0.258 e. The van der Waals surface area contributed by atoms with Crippen molar-refractivity contribution in [3.05, 3.63) is 35.0 Å². The fraction of sp³-hybridized carbons (Fsp3) is 0.476. The van der Waals surface area contributed by atoms with Gasteiger partial charge in [0.1, 0.15) is 17.4 Å². The molecule has 1 aliphatic heterocycles. The lowest BCUT2D eigenvalue weighted by Gasteiger charge is -2.28. The van der Waals surface area contributed by atoms with E-state index in [-0.39, 0.29) is 51.7 Å². The summed E-state index contributed by atoms with van der Waals surface area (Å²) in [6.07, 6.45) is -2.84. The van der Waals surface area contributed by atoms with Crippen LogP contribution in [0.3, 0.4) is 0 Å². The van der Waals surface area contributed by atoms with E-state index in [2.05, 4.69) is 20.3 Å². The summed E-state index contributed by atoms with van der Waals surface area (Å²) in [4.78, 5) is 12.6. The molecule has 12 heteroatoms. The van der Waals surface area contributed by atoms with Crippen molar-refractivity contribution in [1.82, 2.24) is 19.5 Å². The van der Waals surface area contributed by atoms with Gasteiger partial charge in [-0.15, -0.1) is 0 Å². The van der Waals surface area contributed by atoms with E-state index < -0.39 is 30.5 Å². The summed E-state index contributed by atoms with van der Waals surface area (Å²) in [6.45, 7) is 3.28. The molecule has 1 saturated heterocycles. The molecule has 0 amide bonds. The molecule has 1 fully saturated rings. The lowest BCUT2D eigenvalue weighted by atomic mass is 10.1. The molecule has 2 aromatic heterocycles. The Morgan fingerprint density at radius 2 is 2.03 bits per heavy atom. The minimum absolute atomic E-state index is 0.0708. The number of aliphatic hydroxyl groups excluding tert-OH is 2. The van der Waals surface area contributed by atoms with Gasteiger partial charge in [-0.1, -0.05) is 11.6 Å². The number of ether oxygens (including phenoxy) is 1. The number of nitrogens with zero attached hydrogens (tertiary/aromatic N) is 4. The summed E-state index contributed by atoms with van der Waals surface area (Å²) in [5.41, 5.74) is 0.337. The number of fused-ring (bicyclic) bond motifs is 1. The molecule has 4 rings (SSSR count). The maximum absolute atomic E-state index is 15.0. The van der Waals surface area contributed by atoms with Crippen LogP contribution in [0.4, 0.5) is 19.1 Å². The van der Waals surface area contributed by atoms with Crippen molar-refractivity contribution in [2.45, 2.75) is 51.0 Å². The molecule has 0 spiro atoms. The molecule has 1 aromatic carbocycles. The van der Waals surface area contributed by atoms with Gasteiger partial charge in [0, 0.05) is 12.2 Å². The van der Waals surface area contributed by atoms with Gasteiger partial charge in [-0.2, -0.15) is 0 Å². The van der Waals surface area contributed by atoms with Crippen LogP contribution in [0, 0.1) is 5.82 Å². The summed E-state index contributed by atoms with van der Waals surface area (Å²) < 4.78 is 48.5. The van der Waals surface area contributed by atoms with Crippen molar-refractivity contribution in [1.29, 1.82) is 0 Å². The van der Waals surface area contributed by atoms with Crippen LogP contribution in [-0.2, 0) is 4.74 Å². The number of anilines is 1. The largest absolute Gasteiger partial charge is 0.389 e. The van der Waals surface area contributed by atoms with Crippen LogP contribution in [0.15, 0.2) is 18.3 Å². The molecule has 0 aliphatic carbocycles. The van der Waals surface area contributed by atoms with Crippen molar-refractivity contribution in [2.24, 2.45) is 0 Å². The third-order valence-electron chi connectivity index (χ3n) is 5.58. The number of benzene rings is 1. The number of rotatable bonds is 6. The molecule has 2 unspecified atom stereocenters. The Hall–Kier alpha value is -2.47. The number of imidazole rings is 1. The first-order chi connectivity index (χ1) is 15.7. The normalized spacial score (nSPS) is 20.9. The van der Waals surface area contributed by atoms with Crippen molar-refractivity contribution in [3.63, 3.8) is 0 Å². The van der Waals surface area contributed by atoms with Gasteiger partial charge in [-0.05, 0) is 32.4 Å². The molecule has 4 atom stereocenters. The topological polar surface area (TPSA) is 105 Å². The predicted octanol–water partition coefficient (Wildman–Crippen LogP) is 3.73. The molecule has 1 aliphatic rings. The molecule has 3 N–H and O–H groups in total. The average Bonchev–Trinajstić information content (AvgIpc) is 3.16. The molecule has 3 heterocycles. The van der Waals surface area contributed by atoms with Gasteiger partial charge in [-0.25, -0.2) is 28.1 Å². The van der Waals surface area contributed by atoms with E-state index in [9.17, 15) is 19.0 Å². The Morgan fingerprint density at radius 3 is 2.70 bits per heavy atom. The highest BCUT2D eigenvalue weighted by Gasteiger charge is 2.28. The third-order valence-corrected chi connectivity index (χ3v) is 5.86. The van der Waals surface area contributed by atoms with Crippen LogP contribution >= 0.6 is 11.6 Å². The number of aliphatic hydroxyl groups is 2. The highest BCUT2D eigenvalue weighted by Crippen LogP contribution is 2.34. The van der Waals surface area contributed by atoms with E-state index in [1.54, 1.807) is 0 Å². The standard InChI is InChI=1S/C21H23ClF3N5O3/c1-9(19(24)25)30-15-6-11(5-13(23)18(15)28-20(30)10(2)31)17-12(22)7-26-21(29-17)27-14-3-4-33-8-16(14)32/h5-7,9-10,14,16,19,31-32H,3-4,8H2,1-2H3,(H,26,27,29)/t9?,10?,14-,16-/m1/s1. The van der Waals surface area contributed by atoms with Crippen LogP contribution < -0.4 is 5.32 Å². The zero-order valence-corrected chi connectivity index (χ0v) is 18.6. The van der Waals surface area contributed by atoms with E-state index in [1.165, 1.54) is 26.1 Å². The molecule has 3 aromatic rings. The van der Waals surface area contributed by atoms with Crippen LogP contribution in [0.1, 0.15) is 38.2 Å². The van der Waals surface area contributed by atoms with E-state index in [1.807, 2.05) is 0 Å². The van der Waals surface area contributed by atoms with E-state index >= 15 is 4.39 Å². The zero-order chi connectivity index (χ0) is 23.9. The molecule has 8 nitrogen and oxygen atoms in total. The first-order valence-electron chi connectivity index (χ1n) is 10.4. The minimum atomic E-state index is -2.77. The number of nitrogens with one attached hydrogen (secondary N) is 1. The van der Waals surface area contributed by atoms with Gasteiger partial charge in [0.25, 0.3) is 6.43 Å². The van der Waals surface area contributed by atoms with Crippen LogP contribution in [0.25, 0.3) is 22.3 Å². The highest BCUT2D eigenvalue weighted by molar-refractivity contribution is 6.33. The quantitative estimate of drug-likeness (QED) is 0.488. The van der Waals surface area contributed by atoms with Gasteiger partial charge >= 0.3 is 0 Å². The Balaban J connectivity index is 1.80. The molecular weight excluding hydrogens is 463 g/mol. The molecule has 0 bridgehead atoms. The van der Waals surface area contributed by atoms with Crippen molar-refractivity contribution in [3.8, 4) is 11.3 Å². The minimum Gasteiger partial charge on any atom is -0.389 e. The Morgan fingerprint density at radius 1 is 1.27 bits per heavy atom. The van der Waals surface area contributed by atoms with Crippen molar-refractivity contribution in [2.75, 3.05) is 18.5 Å². The van der Waals surface area contributed by atoms with Crippen molar-refractivity contribution < 1.29 is 28.1 Å². The summed E-state index contributed by atoms with van der Waals surface area (Å²) in [7, 11) is 0. The van der Waals surface area contributed by atoms with Crippen molar-refractivity contribution >= 4 is 28.6 Å². The van der Waals surface area contributed by atoms with Gasteiger partial charge in [0.15, 0.2) is 5.82 Å². The van der Waals surface area contributed by atoms with Gasteiger partial charge in [0.05, 0.1) is 47.2 Å². The maximum atomic E-state index is 15.0. The highest BCUT2D eigenvalue weighted by atomic mass is 35.5. The lowest BCUT2D eigenvalue weighted by Crippen LogP contribution is -2.42. The third kappa shape index (κ3) is 4.63. The Labute approximate surface area is 192 Å². The van der Waals surface area contributed by atoms with Crippen LogP contribution in [0.5, 0.6) is 0 Å². The summed E-state index contributed by atoms with van der Waals surface area (Å²) in [6, 6.07) is 0.911. The number of halogens is 4. The molecular formula is C21H23ClF3N5O3. The zero-order valence-electron chi connectivity index (χ0n) is 17.8. The first kappa shape index (κ1) is 23.7. The molecule has 0 radical (unpaired) electrons. The average molecular weight is 486 g/mol. The number of hydrogen-bond acceptors (Lipinski definition) is 7. The van der Waals surface area contributed by atoms with Crippen LogP contribution in [0.2, 0.25) is 5.02 Å². The Bertz CT molecular complexity index is 1160. The van der Waals surface area contributed by atoms with Crippen LogP contribution in [-0.4, -0.2) is 61.5 Å². The number of hydrogen-bond donors (Lipinski definition) is 3. The summed E-state index contributed by atoms with van der Waals surface area (Å²) in [5.74, 6) is -0.674. The monoisotopic (exact) mass is 485 g/mol. The molecule has 33 heavy (non-hydrogen) atoms. The fourth-order valence-electron chi connectivity index (χ4n) is 3.84. The molecule has 0 saturated carbocycles. The first-order valence-corrected chi connectivity index (χ1v) is 10.8. The van der Waals surface area contributed by atoms with Gasteiger partial charge < -0.3 is 24.8 Å². The second kappa shape index (κ2) is 9.41. The summed E-state index contributed by atoms with van der Waals surface area (Å²) >= 11 is 6.29. The van der Waals surface area contributed by atoms with E-state index in [0.717, 1.165) is 10.6 Å². The fourth-order valence-corrected chi connectivity index (χ4v) is 4.04. The smallest absolute Gasteiger partial charge is 0.258 e.